The third kappa shape index (κ3) is 8.36. The highest BCUT2D eigenvalue weighted by Gasteiger charge is 2.55. The Hall–Kier alpha value is -1.17. The van der Waals surface area contributed by atoms with Crippen molar-refractivity contribution in [1.29, 1.82) is 0 Å². The van der Waals surface area contributed by atoms with Gasteiger partial charge in [-0.1, -0.05) is 0 Å². The van der Waals surface area contributed by atoms with Gasteiger partial charge in [0.15, 0.2) is 6.29 Å². The number of carbonyl (C=O) groups excluding carboxylic acids is 1. The average molecular weight is 627 g/mol. The van der Waals surface area contributed by atoms with Gasteiger partial charge in [-0.25, -0.2) is 0 Å². The second-order valence-electron chi connectivity index (χ2n) is 11.5. The fourth-order valence-electron chi connectivity index (χ4n) is 5.98. The molecule has 18 heteroatoms. The first-order chi connectivity index (χ1) is 20.4. The van der Waals surface area contributed by atoms with E-state index in [0.717, 1.165) is 0 Å². The molecule has 2 aliphatic heterocycles. The van der Waals surface area contributed by atoms with E-state index in [-0.39, 0.29) is 32.5 Å². The van der Waals surface area contributed by atoms with E-state index in [1.807, 2.05) is 0 Å². The Morgan fingerprint density at radius 1 is 0.930 bits per heavy atom. The number of nitrogens with one attached hydrogen (secondary N) is 2. The van der Waals surface area contributed by atoms with Gasteiger partial charge in [0.2, 0.25) is 5.91 Å². The largest absolute Gasteiger partial charge is 0.396 e. The molecule has 43 heavy (non-hydrogen) atoms. The van der Waals surface area contributed by atoms with Crippen LogP contribution in [0.15, 0.2) is 0 Å². The molecule has 0 spiro atoms. The van der Waals surface area contributed by atoms with Crippen molar-refractivity contribution < 1.29 is 59.9 Å². The van der Waals surface area contributed by atoms with Crippen LogP contribution in [0.2, 0.25) is 0 Å². The summed E-state index contributed by atoms with van der Waals surface area (Å²) >= 11 is 0. The van der Waals surface area contributed by atoms with Crippen LogP contribution < -0.4 is 33.6 Å². The standard InChI is InChI=1S/C25H50N6O12/c26-3-2-11(34)24(40)31-10-6-9(27)14(23-16(29)20(38)18(36)12(41-23)7-30-4-1-5-32)19(37)22(10)43-25-21(39)15(28)17(35)13(8-33)42-25/h9-23,25,30,32-39H,1-8,26-29H2,(H,31,40)/t9-,10+,11-,12+,13+,14?,15-,16+,17+,18+,19-,20+,21+,22-,23+,25+/m0/s1. The zero-order valence-electron chi connectivity index (χ0n) is 23.9. The number of hydrogen-bond donors (Lipinski definition) is 14. The zero-order chi connectivity index (χ0) is 32.0. The monoisotopic (exact) mass is 626 g/mol. The first-order valence-electron chi connectivity index (χ1n) is 14.6. The van der Waals surface area contributed by atoms with Crippen molar-refractivity contribution in [3.63, 3.8) is 0 Å². The van der Waals surface area contributed by atoms with Gasteiger partial charge >= 0.3 is 0 Å². The molecule has 16 atom stereocenters. The quantitative estimate of drug-likeness (QED) is 0.0843. The molecule has 0 bridgehead atoms. The Morgan fingerprint density at radius 3 is 2.26 bits per heavy atom. The van der Waals surface area contributed by atoms with Crippen molar-refractivity contribution in [3.8, 4) is 0 Å². The number of nitrogens with two attached hydrogens (primary N) is 4. The highest BCUT2D eigenvalue weighted by Crippen LogP contribution is 2.37. The fraction of sp³-hybridized carbons (Fsp3) is 0.960. The summed E-state index contributed by atoms with van der Waals surface area (Å²) in [5.41, 5.74) is 24.1. The van der Waals surface area contributed by atoms with Gasteiger partial charge in [-0.2, -0.15) is 0 Å². The van der Waals surface area contributed by atoms with E-state index in [1.165, 1.54) is 0 Å². The average Bonchev–Trinajstić information content (AvgIpc) is 2.97. The van der Waals surface area contributed by atoms with Crippen LogP contribution in [0.3, 0.4) is 0 Å². The van der Waals surface area contributed by atoms with Gasteiger partial charge in [-0.15, -0.1) is 0 Å². The number of carbonyl (C=O) groups is 1. The molecule has 3 fully saturated rings. The number of ether oxygens (including phenoxy) is 3. The minimum Gasteiger partial charge on any atom is -0.396 e. The van der Waals surface area contributed by atoms with E-state index in [4.69, 9.17) is 42.3 Å². The van der Waals surface area contributed by atoms with E-state index >= 15 is 0 Å². The molecule has 3 rings (SSSR count). The van der Waals surface area contributed by atoms with E-state index < -0.39 is 110 Å². The summed E-state index contributed by atoms with van der Waals surface area (Å²) in [5.74, 6) is -1.86. The Morgan fingerprint density at radius 2 is 1.63 bits per heavy atom. The first kappa shape index (κ1) is 36.3. The SMILES string of the molecule is NCC[C@H](O)C(=O)N[C@@H]1C[C@H](N)C([C@H]2O[C@H](CNCCCO)[C@@H](O)[C@H](O)[C@H]2N)[C@H](O)[C@H]1O[C@H]1O[C@H](CO)[C@@H](O)[C@H](N)[C@H]1O. The first-order valence-corrected chi connectivity index (χ1v) is 14.6. The summed E-state index contributed by atoms with van der Waals surface area (Å²) in [6.45, 7) is -0.196. The van der Waals surface area contributed by atoms with Crippen molar-refractivity contribution in [2.45, 2.75) is 111 Å². The van der Waals surface area contributed by atoms with Crippen molar-refractivity contribution in [2.24, 2.45) is 28.9 Å². The molecular weight excluding hydrogens is 576 g/mol. The number of aliphatic hydroxyl groups is 8. The number of amides is 1. The summed E-state index contributed by atoms with van der Waals surface area (Å²) in [5, 5.41) is 88.4. The lowest BCUT2D eigenvalue weighted by Crippen LogP contribution is -2.72. The number of rotatable bonds is 13. The lowest BCUT2D eigenvalue weighted by molar-refractivity contribution is -0.307. The molecule has 1 amide bonds. The third-order valence-electron chi connectivity index (χ3n) is 8.52. The summed E-state index contributed by atoms with van der Waals surface area (Å²) in [4.78, 5) is 12.7. The molecule has 2 heterocycles. The van der Waals surface area contributed by atoms with Crippen LogP contribution in [0.4, 0.5) is 0 Å². The number of hydrogen-bond acceptors (Lipinski definition) is 17. The molecule has 0 aromatic rings. The molecule has 2 saturated heterocycles. The lowest BCUT2D eigenvalue weighted by atomic mass is 9.71. The third-order valence-corrected chi connectivity index (χ3v) is 8.52. The van der Waals surface area contributed by atoms with Crippen molar-refractivity contribution in [3.05, 3.63) is 0 Å². The second kappa shape index (κ2) is 16.4. The van der Waals surface area contributed by atoms with Gasteiger partial charge in [0.05, 0.1) is 43.0 Å². The smallest absolute Gasteiger partial charge is 0.249 e. The fourth-order valence-corrected chi connectivity index (χ4v) is 5.98. The van der Waals surface area contributed by atoms with Crippen LogP contribution in [-0.2, 0) is 19.0 Å². The van der Waals surface area contributed by atoms with E-state index in [2.05, 4.69) is 10.6 Å². The molecule has 1 saturated carbocycles. The topological polar surface area (TPSA) is 335 Å². The Labute approximate surface area is 249 Å². The summed E-state index contributed by atoms with van der Waals surface area (Å²) in [6, 6.07) is -4.47. The van der Waals surface area contributed by atoms with Crippen molar-refractivity contribution >= 4 is 5.91 Å². The van der Waals surface area contributed by atoms with Crippen molar-refractivity contribution in [1.82, 2.24) is 10.6 Å². The maximum Gasteiger partial charge on any atom is 0.249 e. The highest BCUT2D eigenvalue weighted by molar-refractivity contribution is 5.80. The van der Waals surface area contributed by atoms with Crippen LogP contribution in [-0.4, -0.2) is 171 Å². The van der Waals surface area contributed by atoms with Crippen LogP contribution in [0.25, 0.3) is 0 Å². The lowest BCUT2D eigenvalue weighted by Gasteiger charge is -2.52. The Kier molecular flexibility index (Phi) is 13.9. The highest BCUT2D eigenvalue weighted by atomic mass is 16.7. The van der Waals surface area contributed by atoms with E-state index in [1.54, 1.807) is 0 Å². The van der Waals surface area contributed by atoms with Crippen LogP contribution >= 0.6 is 0 Å². The molecule has 252 valence electrons. The summed E-state index contributed by atoms with van der Waals surface area (Å²) in [7, 11) is 0. The minimum atomic E-state index is -1.61. The minimum absolute atomic E-state index is 0.0232. The van der Waals surface area contributed by atoms with Gasteiger partial charge in [0.1, 0.15) is 42.7 Å². The molecule has 18 N–H and O–H groups in total. The molecule has 0 radical (unpaired) electrons. The molecule has 1 aliphatic carbocycles. The normalized spacial score (nSPS) is 44.6. The van der Waals surface area contributed by atoms with Crippen LogP contribution in [0, 0.1) is 5.92 Å². The zero-order valence-corrected chi connectivity index (χ0v) is 23.9. The van der Waals surface area contributed by atoms with E-state index in [0.29, 0.717) is 13.0 Å². The molecular formula is C25H50N6O12. The van der Waals surface area contributed by atoms with Gasteiger partial charge in [-0.3, -0.25) is 4.79 Å². The molecule has 1 unspecified atom stereocenters. The Bertz CT molecular complexity index is 866. The van der Waals surface area contributed by atoms with Crippen LogP contribution in [0.1, 0.15) is 19.3 Å². The van der Waals surface area contributed by atoms with E-state index in [9.17, 15) is 40.5 Å². The molecule has 3 aliphatic rings. The Balaban J connectivity index is 1.88. The van der Waals surface area contributed by atoms with Gasteiger partial charge in [-0.05, 0) is 32.4 Å². The van der Waals surface area contributed by atoms with Crippen molar-refractivity contribution in [2.75, 3.05) is 32.8 Å². The molecule has 18 nitrogen and oxygen atoms in total. The van der Waals surface area contributed by atoms with Gasteiger partial charge < -0.3 is 88.6 Å². The van der Waals surface area contributed by atoms with Gasteiger partial charge in [0.25, 0.3) is 0 Å². The molecule has 0 aromatic heterocycles. The predicted molar refractivity (Wildman–Crippen MR) is 148 cm³/mol. The maximum absolute atomic E-state index is 12.7. The maximum atomic E-state index is 12.7. The summed E-state index contributed by atoms with van der Waals surface area (Å²) in [6.07, 6.45) is -14.9. The second-order valence-corrected chi connectivity index (χ2v) is 11.5. The van der Waals surface area contributed by atoms with Gasteiger partial charge in [0, 0.05) is 25.1 Å². The predicted octanol–water partition coefficient (Wildman–Crippen LogP) is -8.17. The summed E-state index contributed by atoms with van der Waals surface area (Å²) < 4.78 is 17.6. The molecule has 0 aromatic carbocycles. The van der Waals surface area contributed by atoms with Crippen LogP contribution in [0.5, 0.6) is 0 Å². The number of aliphatic hydroxyl groups excluding tert-OH is 8.